The molecule has 2 atom stereocenters. The van der Waals surface area contributed by atoms with Crippen molar-refractivity contribution in [1.82, 2.24) is 14.8 Å². The highest BCUT2D eigenvalue weighted by molar-refractivity contribution is 6.00. The highest BCUT2D eigenvalue weighted by Crippen LogP contribution is 2.42. The van der Waals surface area contributed by atoms with Crippen LogP contribution in [0.15, 0.2) is 84.3 Å². The van der Waals surface area contributed by atoms with E-state index in [2.05, 4.69) is 27.5 Å². The van der Waals surface area contributed by atoms with Crippen LogP contribution in [0.3, 0.4) is 0 Å². The molecule has 1 aromatic heterocycles. The van der Waals surface area contributed by atoms with E-state index >= 15 is 0 Å². The Hall–Kier alpha value is -3.47. The molecule has 2 aromatic carbocycles. The molecule has 5 heteroatoms. The van der Waals surface area contributed by atoms with Gasteiger partial charge in [-0.25, -0.2) is 4.68 Å². The van der Waals surface area contributed by atoms with Crippen molar-refractivity contribution in [1.29, 1.82) is 0 Å². The third kappa shape index (κ3) is 2.95. The molecule has 0 fully saturated rings. The number of hydrogen-bond acceptors (Lipinski definition) is 4. The number of benzene rings is 2. The van der Waals surface area contributed by atoms with Gasteiger partial charge in [0.1, 0.15) is 12.4 Å². The summed E-state index contributed by atoms with van der Waals surface area (Å²) in [5.41, 5.74) is 4.06. The predicted octanol–water partition coefficient (Wildman–Crippen LogP) is 4.36. The Morgan fingerprint density at radius 3 is 2.54 bits per heavy atom. The van der Waals surface area contributed by atoms with Crippen LogP contribution in [0.4, 0.5) is 5.95 Å². The number of aromatic nitrogens is 3. The number of carbonyl (C=O) groups excluding carboxylic acids is 1. The lowest BCUT2D eigenvalue weighted by atomic mass is 9.79. The first kappa shape index (κ1) is 16.7. The van der Waals surface area contributed by atoms with E-state index in [1.54, 1.807) is 4.68 Å². The number of nitrogens with zero attached hydrogens (tertiary/aromatic N) is 3. The fraction of sp³-hybridized carbons (Fsp3) is 0.174. The molecule has 3 aromatic rings. The van der Waals surface area contributed by atoms with Crippen molar-refractivity contribution in [3.8, 4) is 0 Å². The normalized spacial score (nSPS) is 21.4. The number of carbonyl (C=O) groups is 1. The summed E-state index contributed by atoms with van der Waals surface area (Å²) in [6, 6.07) is 20.1. The van der Waals surface area contributed by atoms with Crippen molar-refractivity contribution < 1.29 is 4.79 Å². The average Bonchev–Trinajstić information content (AvgIpc) is 3.21. The number of hydrogen-bond donors (Lipinski definition) is 1. The van der Waals surface area contributed by atoms with Crippen LogP contribution in [0, 0.1) is 0 Å². The summed E-state index contributed by atoms with van der Waals surface area (Å²) in [6.07, 6.45) is 6.94. The number of anilines is 1. The summed E-state index contributed by atoms with van der Waals surface area (Å²) in [5, 5.41) is 7.71. The molecule has 0 unspecified atom stereocenters. The second-order valence-electron chi connectivity index (χ2n) is 7.20. The van der Waals surface area contributed by atoms with E-state index in [1.165, 1.54) is 11.9 Å². The van der Waals surface area contributed by atoms with Gasteiger partial charge in [-0.15, -0.1) is 0 Å². The quantitative estimate of drug-likeness (QED) is 0.746. The lowest BCUT2D eigenvalue weighted by Gasteiger charge is -2.33. The van der Waals surface area contributed by atoms with Gasteiger partial charge in [0.25, 0.3) is 0 Å². The minimum absolute atomic E-state index is 0.173. The van der Waals surface area contributed by atoms with Crippen LogP contribution >= 0.6 is 0 Å². The molecule has 28 heavy (non-hydrogen) atoms. The van der Waals surface area contributed by atoms with Crippen molar-refractivity contribution in [2.24, 2.45) is 0 Å². The van der Waals surface area contributed by atoms with Gasteiger partial charge in [-0.3, -0.25) is 4.79 Å². The number of Topliss-reactive ketones (excluding diaryl/α,β-unsaturated/α-hetero) is 1. The van der Waals surface area contributed by atoms with Crippen LogP contribution in [0.5, 0.6) is 0 Å². The first-order chi connectivity index (χ1) is 13.8. The molecular weight excluding hydrogens is 348 g/mol. The maximum absolute atomic E-state index is 13.2. The van der Waals surface area contributed by atoms with E-state index in [9.17, 15) is 4.79 Å². The highest BCUT2D eigenvalue weighted by atomic mass is 16.1. The maximum atomic E-state index is 13.2. The van der Waals surface area contributed by atoms with E-state index in [1.807, 2.05) is 60.7 Å². The monoisotopic (exact) mass is 368 g/mol. The minimum Gasteiger partial charge on any atom is -0.328 e. The fourth-order valence-electron chi connectivity index (χ4n) is 4.10. The molecule has 0 bridgehead atoms. The van der Waals surface area contributed by atoms with Crippen LogP contribution in [0.2, 0.25) is 0 Å². The molecular formula is C23H20N4O. The molecule has 2 heterocycles. The molecule has 0 spiro atoms. The molecule has 1 aliphatic carbocycles. The first-order valence-electron chi connectivity index (χ1n) is 9.50. The molecule has 1 N–H and O–H groups in total. The van der Waals surface area contributed by atoms with Gasteiger partial charge in [-0.2, -0.15) is 10.1 Å². The van der Waals surface area contributed by atoms with Crippen molar-refractivity contribution >= 4 is 17.8 Å². The Labute approximate surface area is 163 Å². The Bertz CT molecular complexity index is 1070. The second-order valence-corrected chi connectivity index (χ2v) is 7.20. The Morgan fingerprint density at radius 2 is 1.75 bits per heavy atom. The number of fused-ring (bicyclic) bond motifs is 1. The van der Waals surface area contributed by atoms with Crippen LogP contribution in [-0.4, -0.2) is 20.5 Å². The lowest BCUT2D eigenvalue weighted by molar-refractivity contribution is -0.116. The zero-order valence-electron chi connectivity index (χ0n) is 15.3. The van der Waals surface area contributed by atoms with Gasteiger partial charge in [0.05, 0.1) is 0 Å². The largest absolute Gasteiger partial charge is 0.328 e. The smallest absolute Gasteiger partial charge is 0.226 e. The van der Waals surface area contributed by atoms with Gasteiger partial charge in [-0.1, -0.05) is 72.8 Å². The van der Waals surface area contributed by atoms with Crippen molar-refractivity contribution in [2.75, 3.05) is 5.32 Å². The van der Waals surface area contributed by atoms with Gasteiger partial charge >= 0.3 is 0 Å². The van der Waals surface area contributed by atoms with Crippen LogP contribution < -0.4 is 5.32 Å². The molecule has 138 valence electrons. The van der Waals surface area contributed by atoms with Crippen molar-refractivity contribution in [3.63, 3.8) is 0 Å². The molecule has 5 nitrogen and oxygen atoms in total. The topological polar surface area (TPSA) is 59.8 Å². The summed E-state index contributed by atoms with van der Waals surface area (Å²) in [6.45, 7) is 0. The number of allylic oxidation sites excluding steroid dienone is 3. The summed E-state index contributed by atoms with van der Waals surface area (Å²) in [4.78, 5) is 17.5. The Kier molecular flexibility index (Phi) is 4.13. The second kappa shape index (κ2) is 6.93. The maximum Gasteiger partial charge on any atom is 0.226 e. The zero-order chi connectivity index (χ0) is 18.9. The van der Waals surface area contributed by atoms with E-state index < -0.39 is 0 Å². The summed E-state index contributed by atoms with van der Waals surface area (Å²) in [7, 11) is 0. The summed E-state index contributed by atoms with van der Waals surface area (Å²) in [5.74, 6) is 1.04. The molecule has 1 aliphatic heterocycles. The van der Waals surface area contributed by atoms with E-state index in [0.29, 0.717) is 12.4 Å². The van der Waals surface area contributed by atoms with Gasteiger partial charge in [-0.05, 0) is 23.5 Å². The third-order valence-electron chi connectivity index (χ3n) is 5.44. The Morgan fingerprint density at radius 1 is 1.00 bits per heavy atom. The Balaban J connectivity index is 1.53. The van der Waals surface area contributed by atoms with Crippen molar-refractivity contribution in [2.45, 2.75) is 24.8 Å². The SMILES string of the molecule is O=C1C[C@H](c2ccccc2)CC2=C1[C@@H](/C=C/c1ccccc1)n1ncnc1N2. The lowest BCUT2D eigenvalue weighted by Crippen LogP contribution is -2.32. The molecule has 0 saturated heterocycles. The van der Waals surface area contributed by atoms with Crippen LogP contribution in [0.25, 0.3) is 6.08 Å². The zero-order valence-corrected chi connectivity index (χ0v) is 15.3. The fourth-order valence-corrected chi connectivity index (χ4v) is 4.10. The van der Waals surface area contributed by atoms with E-state index in [-0.39, 0.29) is 17.7 Å². The van der Waals surface area contributed by atoms with Gasteiger partial charge in [0.15, 0.2) is 5.78 Å². The molecule has 0 saturated carbocycles. The minimum atomic E-state index is -0.238. The molecule has 2 aliphatic rings. The van der Waals surface area contributed by atoms with Crippen LogP contribution in [-0.2, 0) is 4.79 Å². The number of nitrogens with one attached hydrogen (secondary N) is 1. The van der Waals surface area contributed by atoms with E-state index in [4.69, 9.17) is 0 Å². The first-order valence-corrected chi connectivity index (χ1v) is 9.50. The summed E-state index contributed by atoms with van der Waals surface area (Å²) < 4.78 is 1.79. The van der Waals surface area contributed by atoms with Gasteiger partial charge in [0.2, 0.25) is 5.95 Å². The molecule has 5 rings (SSSR count). The highest BCUT2D eigenvalue weighted by Gasteiger charge is 2.37. The number of ketones is 1. The van der Waals surface area contributed by atoms with Crippen LogP contribution in [0.1, 0.15) is 35.9 Å². The van der Waals surface area contributed by atoms with Gasteiger partial charge < -0.3 is 5.32 Å². The molecule has 0 radical (unpaired) electrons. The van der Waals surface area contributed by atoms with E-state index in [0.717, 1.165) is 23.3 Å². The predicted molar refractivity (Wildman–Crippen MR) is 109 cm³/mol. The number of rotatable bonds is 3. The van der Waals surface area contributed by atoms with Gasteiger partial charge in [0, 0.05) is 17.7 Å². The third-order valence-corrected chi connectivity index (χ3v) is 5.44. The van der Waals surface area contributed by atoms with Crippen molar-refractivity contribution in [3.05, 3.63) is 95.5 Å². The average molecular weight is 368 g/mol. The molecule has 0 amide bonds. The summed E-state index contributed by atoms with van der Waals surface area (Å²) >= 11 is 0. The standard InChI is InChI=1S/C23H20N4O/c28-21-14-18(17-9-5-2-6-10-17)13-19-22(21)20(27-23(26-19)24-15-25-27)12-11-16-7-3-1-4-8-16/h1-12,15,18,20H,13-14H2,(H,24,25,26)/b12-11+/t18-,20-/m1/s1.